The van der Waals surface area contributed by atoms with Crippen molar-refractivity contribution >= 4 is 0 Å². The van der Waals surface area contributed by atoms with Gasteiger partial charge in [-0.25, -0.2) is 0 Å². The molecule has 1 atom stereocenters. The first-order valence-corrected chi connectivity index (χ1v) is 5.57. The van der Waals surface area contributed by atoms with Crippen LogP contribution < -0.4 is 5.32 Å². The molecule has 84 valence electrons. The highest BCUT2D eigenvalue weighted by Gasteiger charge is 2.08. The van der Waals surface area contributed by atoms with Gasteiger partial charge in [0.15, 0.2) is 0 Å². The molecule has 0 radical (unpaired) electrons. The third kappa shape index (κ3) is 2.70. The molecule has 16 heavy (non-hydrogen) atoms. The van der Waals surface area contributed by atoms with Crippen molar-refractivity contribution in [2.24, 2.45) is 0 Å². The largest absolute Gasteiger partial charge is 0.364 e. The Bertz CT molecular complexity index is 397. The van der Waals surface area contributed by atoms with Crippen molar-refractivity contribution in [2.45, 2.75) is 25.9 Å². The molecule has 1 aromatic heterocycles. The summed E-state index contributed by atoms with van der Waals surface area (Å²) in [7, 11) is 0. The van der Waals surface area contributed by atoms with E-state index in [4.69, 9.17) is 4.52 Å². The molecule has 1 heterocycles. The molecular weight excluding hydrogens is 200 g/mol. The van der Waals surface area contributed by atoms with Gasteiger partial charge in [-0.3, -0.25) is 0 Å². The lowest BCUT2D eigenvalue weighted by Crippen LogP contribution is -2.20. The zero-order valence-corrected chi connectivity index (χ0v) is 9.39. The Labute approximate surface area is 95.5 Å². The fraction of sp³-hybridized carbons (Fsp3) is 0.308. The van der Waals surface area contributed by atoms with Crippen LogP contribution in [0.5, 0.6) is 0 Å². The summed E-state index contributed by atoms with van der Waals surface area (Å²) in [6.45, 7) is 2.91. The smallest absolute Gasteiger partial charge is 0.124 e. The van der Waals surface area contributed by atoms with Crippen LogP contribution in [-0.4, -0.2) is 5.16 Å². The van der Waals surface area contributed by atoms with Gasteiger partial charge in [0.25, 0.3) is 0 Å². The van der Waals surface area contributed by atoms with E-state index in [-0.39, 0.29) is 0 Å². The summed E-state index contributed by atoms with van der Waals surface area (Å²) in [5.41, 5.74) is 2.25. The van der Waals surface area contributed by atoms with Crippen LogP contribution >= 0.6 is 0 Å². The number of hydrogen-bond acceptors (Lipinski definition) is 3. The molecule has 0 fully saturated rings. The average molecular weight is 216 g/mol. The molecule has 0 aliphatic heterocycles. The first-order chi connectivity index (χ1) is 7.90. The van der Waals surface area contributed by atoms with Crippen molar-refractivity contribution in [1.82, 2.24) is 10.5 Å². The van der Waals surface area contributed by atoms with Gasteiger partial charge in [0.2, 0.25) is 0 Å². The Morgan fingerprint density at radius 1 is 1.25 bits per heavy atom. The van der Waals surface area contributed by atoms with Crippen molar-refractivity contribution in [2.75, 3.05) is 0 Å². The Hall–Kier alpha value is -1.61. The summed E-state index contributed by atoms with van der Waals surface area (Å²) >= 11 is 0. The molecule has 0 saturated carbocycles. The molecule has 1 aromatic carbocycles. The molecule has 2 rings (SSSR count). The predicted octanol–water partition coefficient (Wildman–Crippen LogP) is 2.92. The van der Waals surface area contributed by atoms with Crippen molar-refractivity contribution in [1.29, 1.82) is 0 Å². The van der Waals surface area contributed by atoms with Crippen LogP contribution in [0.1, 0.15) is 30.6 Å². The Balaban J connectivity index is 1.96. The molecule has 0 aliphatic carbocycles. The number of nitrogens with zero attached hydrogens (tertiary/aromatic N) is 1. The van der Waals surface area contributed by atoms with Crippen molar-refractivity contribution < 1.29 is 4.52 Å². The third-order valence-electron chi connectivity index (χ3n) is 2.63. The predicted molar refractivity (Wildman–Crippen MR) is 62.8 cm³/mol. The van der Waals surface area contributed by atoms with E-state index in [0.29, 0.717) is 6.04 Å². The van der Waals surface area contributed by atoms with Gasteiger partial charge in [0.05, 0.1) is 5.69 Å². The maximum absolute atomic E-state index is 4.80. The number of aromatic nitrogens is 1. The quantitative estimate of drug-likeness (QED) is 0.835. The Morgan fingerprint density at radius 3 is 2.69 bits per heavy atom. The number of benzene rings is 1. The molecule has 3 nitrogen and oxygen atoms in total. The second-order valence-corrected chi connectivity index (χ2v) is 3.74. The van der Waals surface area contributed by atoms with Crippen LogP contribution in [0.15, 0.2) is 47.2 Å². The van der Waals surface area contributed by atoms with Crippen LogP contribution in [0.2, 0.25) is 0 Å². The van der Waals surface area contributed by atoms with E-state index in [1.54, 1.807) is 6.26 Å². The summed E-state index contributed by atoms with van der Waals surface area (Å²) in [5.74, 6) is 0. The summed E-state index contributed by atoms with van der Waals surface area (Å²) in [6.07, 6.45) is 2.66. The first kappa shape index (κ1) is 10.9. The second-order valence-electron chi connectivity index (χ2n) is 3.74. The van der Waals surface area contributed by atoms with Crippen LogP contribution in [0.3, 0.4) is 0 Å². The van der Waals surface area contributed by atoms with Crippen LogP contribution in [0, 0.1) is 0 Å². The van der Waals surface area contributed by atoms with E-state index in [9.17, 15) is 0 Å². The minimum atomic E-state index is 0.373. The Morgan fingerprint density at radius 2 is 2.06 bits per heavy atom. The second kappa shape index (κ2) is 5.47. The first-order valence-electron chi connectivity index (χ1n) is 5.57. The zero-order valence-electron chi connectivity index (χ0n) is 9.39. The maximum atomic E-state index is 4.80. The van der Waals surface area contributed by atoms with E-state index in [2.05, 4.69) is 41.7 Å². The topological polar surface area (TPSA) is 38.1 Å². The zero-order chi connectivity index (χ0) is 11.2. The molecule has 1 unspecified atom stereocenters. The van der Waals surface area contributed by atoms with Gasteiger partial charge in [-0.2, -0.15) is 0 Å². The Kier molecular flexibility index (Phi) is 3.72. The van der Waals surface area contributed by atoms with Crippen molar-refractivity contribution in [3.05, 3.63) is 53.9 Å². The van der Waals surface area contributed by atoms with E-state index in [0.717, 1.165) is 18.7 Å². The van der Waals surface area contributed by atoms with Gasteiger partial charge in [0.1, 0.15) is 6.26 Å². The molecule has 0 amide bonds. The lowest BCUT2D eigenvalue weighted by molar-refractivity contribution is 0.403. The van der Waals surface area contributed by atoms with Gasteiger partial charge < -0.3 is 9.84 Å². The van der Waals surface area contributed by atoms with Crippen molar-refractivity contribution in [3.63, 3.8) is 0 Å². The molecule has 2 aromatic rings. The molecule has 0 bridgehead atoms. The molecule has 1 N–H and O–H groups in total. The monoisotopic (exact) mass is 216 g/mol. The van der Waals surface area contributed by atoms with E-state index in [1.807, 2.05) is 12.1 Å². The van der Waals surface area contributed by atoms with E-state index < -0.39 is 0 Å². The lowest BCUT2D eigenvalue weighted by Gasteiger charge is -2.16. The van der Waals surface area contributed by atoms with Gasteiger partial charge in [-0.05, 0) is 12.0 Å². The van der Waals surface area contributed by atoms with Crippen LogP contribution in [0.4, 0.5) is 0 Å². The standard InChI is InChI=1S/C13H16N2O/c1-2-13(11-6-4-3-5-7-11)14-10-12-8-9-16-15-12/h3-9,13-14H,2,10H2,1H3. The fourth-order valence-corrected chi connectivity index (χ4v) is 1.74. The summed E-state index contributed by atoms with van der Waals surface area (Å²) < 4.78 is 4.80. The highest BCUT2D eigenvalue weighted by atomic mass is 16.5. The van der Waals surface area contributed by atoms with Gasteiger partial charge in [0, 0.05) is 18.7 Å². The fourth-order valence-electron chi connectivity index (χ4n) is 1.74. The molecular formula is C13H16N2O. The summed E-state index contributed by atoms with van der Waals surface area (Å²) in [5, 5.41) is 7.34. The normalized spacial score (nSPS) is 12.6. The van der Waals surface area contributed by atoms with Gasteiger partial charge in [-0.1, -0.05) is 42.4 Å². The molecule has 0 spiro atoms. The molecule has 3 heteroatoms. The molecule has 0 saturated heterocycles. The number of nitrogens with one attached hydrogen (secondary N) is 1. The minimum Gasteiger partial charge on any atom is -0.364 e. The number of hydrogen-bond donors (Lipinski definition) is 1. The lowest BCUT2D eigenvalue weighted by atomic mass is 10.0. The van der Waals surface area contributed by atoms with E-state index >= 15 is 0 Å². The molecule has 0 aliphatic rings. The SMILES string of the molecule is CCC(NCc1ccon1)c1ccccc1. The summed E-state index contributed by atoms with van der Waals surface area (Å²) in [4.78, 5) is 0. The highest BCUT2D eigenvalue weighted by Crippen LogP contribution is 2.16. The van der Waals surface area contributed by atoms with E-state index in [1.165, 1.54) is 5.56 Å². The highest BCUT2D eigenvalue weighted by molar-refractivity contribution is 5.18. The third-order valence-corrected chi connectivity index (χ3v) is 2.63. The summed E-state index contributed by atoms with van der Waals surface area (Å²) in [6, 6.07) is 12.7. The van der Waals surface area contributed by atoms with Gasteiger partial charge in [-0.15, -0.1) is 0 Å². The average Bonchev–Trinajstić information content (AvgIpc) is 2.84. The van der Waals surface area contributed by atoms with Crippen LogP contribution in [0.25, 0.3) is 0 Å². The van der Waals surface area contributed by atoms with Crippen molar-refractivity contribution in [3.8, 4) is 0 Å². The number of rotatable bonds is 5. The van der Waals surface area contributed by atoms with Crippen LogP contribution in [-0.2, 0) is 6.54 Å². The van der Waals surface area contributed by atoms with Gasteiger partial charge >= 0.3 is 0 Å². The minimum absolute atomic E-state index is 0.373. The maximum Gasteiger partial charge on any atom is 0.124 e.